The highest BCUT2D eigenvalue weighted by Gasteiger charge is 2.16. The Hall–Kier alpha value is -0.340. The number of nitrogens with one attached hydrogen (secondary N) is 1. The van der Waals surface area contributed by atoms with Gasteiger partial charge in [0, 0.05) is 18.1 Å². The molecule has 58 valence electrons. The second-order valence-corrected chi connectivity index (χ2v) is 3.50. The van der Waals surface area contributed by atoms with Crippen molar-refractivity contribution in [3.63, 3.8) is 0 Å². The lowest BCUT2D eigenvalue weighted by Gasteiger charge is -2.21. The summed E-state index contributed by atoms with van der Waals surface area (Å²) in [6.45, 7) is 5.23. The first-order chi connectivity index (χ1) is 4.60. The average molecular weight is 140 g/mol. The molecule has 0 saturated heterocycles. The summed E-state index contributed by atoms with van der Waals surface area (Å²) in [6.07, 6.45) is 5.33. The molecule has 2 nitrogen and oxygen atoms in total. The van der Waals surface area contributed by atoms with Crippen LogP contribution in [0.3, 0.4) is 0 Å². The van der Waals surface area contributed by atoms with Crippen LogP contribution in [0.5, 0.6) is 0 Å². The molecule has 3 N–H and O–H groups in total. The van der Waals surface area contributed by atoms with Crippen LogP contribution in [0.2, 0.25) is 0 Å². The van der Waals surface area contributed by atoms with Gasteiger partial charge in [-0.25, -0.2) is 0 Å². The molecule has 1 atom stereocenters. The second kappa shape index (κ2) is 2.72. The van der Waals surface area contributed by atoms with Crippen LogP contribution in [0.15, 0.2) is 12.2 Å². The molecule has 2 heteroatoms. The van der Waals surface area contributed by atoms with Gasteiger partial charge < -0.3 is 11.1 Å². The van der Waals surface area contributed by atoms with Gasteiger partial charge in [-0.15, -0.1) is 0 Å². The Morgan fingerprint density at radius 1 is 1.60 bits per heavy atom. The quantitative estimate of drug-likeness (QED) is 0.485. The normalized spacial score (nSPS) is 31.7. The third-order valence-electron chi connectivity index (χ3n) is 1.79. The zero-order valence-electron chi connectivity index (χ0n) is 6.72. The molecule has 0 spiro atoms. The lowest BCUT2D eigenvalue weighted by atomic mass is 10.1. The van der Waals surface area contributed by atoms with Crippen molar-refractivity contribution in [2.24, 2.45) is 5.73 Å². The van der Waals surface area contributed by atoms with Crippen LogP contribution in [0.4, 0.5) is 0 Å². The van der Waals surface area contributed by atoms with Gasteiger partial charge in [-0.1, -0.05) is 12.2 Å². The minimum absolute atomic E-state index is 0.133. The minimum atomic E-state index is 0.133. The van der Waals surface area contributed by atoms with Crippen molar-refractivity contribution in [2.45, 2.75) is 31.8 Å². The van der Waals surface area contributed by atoms with Crippen molar-refractivity contribution in [3.05, 3.63) is 12.2 Å². The molecule has 0 aromatic carbocycles. The van der Waals surface area contributed by atoms with Gasteiger partial charge >= 0.3 is 0 Å². The van der Waals surface area contributed by atoms with Gasteiger partial charge in [-0.05, 0) is 20.3 Å². The van der Waals surface area contributed by atoms with Crippen molar-refractivity contribution in [3.8, 4) is 0 Å². The molecule has 1 rings (SSSR count). The third kappa shape index (κ3) is 2.12. The van der Waals surface area contributed by atoms with Crippen LogP contribution < -0.4 is 11.1 Å². The van der Waals surface area contributed by atoms with E-state index in [1.807, 2.05) is 0 Å². The SMILES string of the molecule is CC1(C)C=CCC(N)CN1. The predicted molar refractivity (Wildman–Crippen MR) is 43.8 cm³/mol. The van der Waals surface area contributed by atoms with E-state index in [0.29, 0.717) is 0 Å². The Morgan fingerprint density at radius 3 is 3.00 bits per heavy atom. The summed E-state index contributed by atoms with van der Waals surface area (Å²) in [5.41, 5.74) is 5.88. The molecule has 0 radical (unpaired) electrons. The van der Waals surface area contributed by atoms with E-state index in [2.05, 4.69) is 31.3 Å². The van der Waals surface area contributed by atoms with E-state index >= 15 is 0 Å². The molecule has 0 aliphatic carbocycles. The maximum absolute atomic E-state index is 5.74. The van der Waals surface area contributed by atoms with Gasteiger partial charge in [0.2, 0.25) is 0 Å². The summed E-state index contributed by atoms with van der Waals surface area (Å²) in [7, 11) is 0. The van der Waals surface area contributed by atoms with Crippen molar-refractivity contribution in [1.82, 2.24) is 5.32 Å². The van der Waals surface area contributed by atoms with E-state index in [0.717, 1.165) is 13.0 Å². The topological polar surface area (TPSA) is 38.0 Å². The van der Waals surface area contributed by atoms with Crippen LogP contribution in [-0.2, 0) is 0 Å². The van der Waals surface area contributed by atoms with E-state index in [1.165, 1.54) is 0 Å². The molecule has 0 bridgehead atoms. The first-order valence-corrected chi connectivity index (χ1v) is 3.78. The number of hydrogen-bond donors (Lipinski definition) is 2. The molecule has 0 saturated carbocycles. The van der Waals surface area contributed by atoms with Crippen molar-refractivity contribution in [2.75, 3.05) is 6.54 Å². The van der Waals surface area contributed by atoms with Crippen LogP contribution in [0.1, 0.15) is 20.3 Å². The van der Waals surface area contributed by atoms with Gasteiger partial charge in [0.1, 0.15) is 0 Å². The highest BCUT2D eigenvalue weighted by molar-refractivity contribution is 5.05. The van der Waals surface area contributed by atoms with Crippen molar-refractivity contribution in [1.29, 1.82) is 0 Å². The molecule has 10 heavy (non-hydrogen) atoms. The fourth-order valence-corrected chi connectivity index (χ4v) is 1.07. The summed E-state index contributed by atoms with van der Waals surface area (Å²) in [4.78, 5) is 0. The smallest absolute Gasteiger partial charge is 0.0307 e. The Kier molecular flexibility index (Phi) is 2.11. The van der Waals surface area contributed by atoms with Gasteiger partial charge in [0.15, 0.2) is 0 Å². The summed E-state index contributed by atoms with van der Waals surface area (Å²) in [5.74, 6) is 0. The lowest BCUT2D eigenvalue weighted by Crippen LogP contribution is -2.42. The van der Waals surface area contributed by atoms with Crippen LogP contribution in [0.25, 0.3) is 0 Å². The maximum atomic E-state index is 5.74. The number of rotatable bonds is 0. The highest BCUT2D eigenvalue weighted by atomic mass is 15.0. The summed E-state index contributed by atoms with van der Waals surface area (Å²) in [6, 6.07) is 0.290. The molecule has 0 fully saturated rings. The van der Waals surface area contributed by atoms with Crippen LogP contribution >= 0.6 is 0 Å². The van der Waals surface area contributed by atoms with E-state index in [9.17, 15) is 0 Å². The summed E-state index contributed by atoms with van der Waals surface area (Å²) >= 11 is 0. The zero-order chi connectivity index (χ0) is 7.61. The molecular weight excluding hydrogens is 124 g/mol. The van der Waals surface area contributed by atoms with Crippen LogP contribution in [0, 0.1) is 0 Å². The molecule has 0 aromatic heterocycles. The Bertz CT molecular complexity index is 138. The van der Waals surface area contributed by atoms with Gasteiger partial charge in [-0.3, -0.25) is 0 Å². The van der Waals surface area contributed by atoms with E-state index < -0.39 is 0 Å². The monoisotopic (exact) mass is 140 g/mol. The fraction of sp³-hybridized carbons (Fsp3) is 0.750. The molecule has 1 heterocycles. The van der Waals surface area contributed by atoms with E-state index in [-0.39, 0.29) is 11.6 Å². The van der Waals surface area contributed by atoms with E-state index in [1.54, 1.807) is 0 Å². The lowest BCUT2D eigenvalue weighted by molar-refractivity contribution is 0.461. The van der Waals surface area contributed by atoms with Crippen LogP contribution in [-0.4, -0.2) is 18.1 Å². The molecule has 1 aliphatic rings. The van der Waals surface area contributed by atoms with Gasteiger partial charge in [0.25, 0.3) is 0 Å². The Labute approximate surface area is 62.5 Å². The molecule has 1 aliphatic heterocycles. The van der Waals surface area contributed by atoms with Gasteiger partial charge in [0.05, 0.1) is 0 Å². The van der Waals surface area contributed by atoms with Crippen molar-refractivity contribution >= 4 is 0 Å². The van der Waals surface area contributed by atoms with Gasteiger partial charge in [-0.2, -0.15) is 0 Å². The molecule has 1 unspecified atom stereocenters. The number of nitrogens with two attached hydrogens (primary N) is 1. The Morgan fingerprint density at radius 2 is 2.30 bits per heavy atom. The second-order valence-electron chi connectivity index (χ2n) is 3.50. The largest absolute Gasteiger partial charge is 0.326 e. The minimum Gasteiger partial charge on any atom is -0.326 e. The fourth-order valence-electron chi connectivity index (χ4n) is 1.07. The highest BCUT2D eigenvalue weighted by Crippen LogP contribution is 2.08. The summed E-state index contributed by atoms with van der Waals surface area (Å²) < 4.78 is 0. The van der Waals surface area contributed by atoms with E-state index in [4.69, 9.17) is 5.73 Å². The summed E-state index contributed by atoms with van der Waals surface area (Å²) in [5, 5.41) is 3.36. The first kappa shape index (κ1) is 7.76. The molecular formula is C8H16N2. The predicted octanol–water partition coefficient (Wildman–Crippen LogP) is 0.642. The maximum Gasteiger partial charge on any atom is 0.0307 e. The Balaban J connectivity index is 2.55. The first-order valence-electron chi connectivity index (χ1n) is 3.78. The molecule has 0 aromatic rings. The van der Waals surface area contributed by atoms with Crippen molar-refractivity contribution < 1.29 is 0 Å². The standard InChI is InChI=1S/C8H16N2/c1-8(2)5-3-4-7(9)6-10-8/h3,5,7,10H,4,6,9H2,1-2H3. The molecule has 0 amide bonds. The zero-order valence-corrected chi connectivity index (χ0v) is 6.72. The number of hydrogen-bond acceptors (Lipinski definition) is 2. The average Bonchev–Trinajstić information content (AvgIpc) is 1.94. The third-order valence-corrected chi connectivity index (χ3v) is 1.79.